The fourth-order valence-corrected chi connectivity index (χ4v) is 1.96. The minimum Gasteiger partial charge on any atom is -1.00 e. The summed E-state index contributed by atoms with van der Waals surface area (Å²) in [7, 11) is 0. The van der Waals surface area contributed by atoms with E-state index in [2.05, 4.69) is 33.0 Å². The van der Waals surface area contributed by atoms with Crippen LogP contribution < -0.4 is 17.0 Å². The molecule has 0 radical (unpaired) electrons. The van der Waals surface area contributed by atoms with E-state index in [4.69, 9.17) is 0 Å². The van der Waals surface area contributed by atoms with Gasteiger partial charge in [-0.25, -0.2) is 4.98 Å². The standard InChI is InChI=1S/C13H9BrN2.BrH/c14-11-6-4-10(5-7-11)12-9-16-8-2-1-3-13(16)15-12;/h1-9H;1H/p-1. The lowest BCUT2D eigenvalue weighted by atomic mass is 10.2. The molecule has 2 aromatic heterocycles. The van der Waals surface area contributed by atoms with Gasteiger partial charge in [0.05, 0.1) is 5.69 Å². The number of pyridine rings is 1. The smallest absolute Gasteiger partial charge is 0.137 e. The molecule has 0 unspecified atom stereocenters. The highest BCUT2D eigenvalue weighted by Gasteiger charge is 2.02. The van der Waals surface area contributed by atoms with Gasteiger partial charge in [-0.2, -0.15) is 0 Å². The number of benzene rings is 1. The van der Waals surface area contributed by atoms with E-state index in [-0.39, 0.29) is 17.0 Å². The van der Waals surface area contributed by atoms with Crippen molar-refractivity contribution >= 4 is 21.6 Å². The molecule has 1 aromatic carbocycles. The molecule has 0 bridgehead atoms. The Bertz CT molecular complexity index is 596. The van der Waals surface area contributed by atoms with Crippen molar-refractivity contribution in [1.82, 2.24) is 9.38 Å². The van der Waals surface area contributed by atoms with Crippen molar-refractivity contribution in [1.29, 1.82) is 0 Å². The molecule has 0 saturated carbocycles. The Hall–Kier alpha value is -1.13. The van der Waals surface area contributed by atoms with E-state index in [0.29, 0.717) is 0 Å². The zero-order valence-corrected chi connectivity index (χ0v) is 12.0. The Labute approximate surface area is 118 Å². The largest absolute Gasteiger partial charge is 1.00 e. The topological polar surface area (TPSA) is 17.3 Å². The molecule has 4 heteroatoms. The minimum atomic E-state index is 0. The number of fused-ring (bicyclic) bond motifs is 1. The van der Waals surface area contributed by atoms with E-state index in [1.165, 1.54) is 0 Å². The maximum Gasteiger partial charge on any atom is 0.137 e. The van der Waals surface area contributed by atoms with Crippen LogP contribution in [0, 0.1) is 0 Å². The molecule has 3 rings (SSSR count). The van der Waals surface area contributed by atoms with Crippen molar-refractivity contribution in [3.63, 3.8) is 0 Å². The normalized spacial score (nSPS) is 10.2. The van der Waals surface area contributed by atoms with Crippen LogP contribution in [0.25, 0.3) is 16.9 Å². The number of rotatable bonds is 1. The molecule has 2 heterocycles. The van der Waals surface area contributed by atoms with E-state index in [9.17, 15) is 0 Å². The van der Waals surface area contributed by atoms with E-state index in [1.54, 1.807) is 0 Å². The predicted octanol–water partition coefficient (Wildman–Crippen LogP) is 0.768. The molecule has 0 aliphatic heterocycles. The van der Waals surface area contributed by atoms with Crippen molar-refractivity contribution < 1.29 is 17.0 Å². The van der Waals surface area contributed by atoms with Crippen LogP contribution in [0.2, 0.25) is 0 Å². The molecule has 0 aliphatic carbocycles. The molecule has 0 N–H and O–H groups in total. The average Bonchev–Trinajstić information content (AvgIpc) is 2.73. The highest BCUT2D eigenvalue weighted by Crippen LogP contribution is 2.21. The molecule has 3 aromatic rings. The monoisotopic (exact) mass is 351 g/mol. The fourth-order valence-electron chi connectivity index (χ4n) is 1.69. The second kappa shape index (κ2) is 5.02. The third-order valence-electron chi connectivity index (χ3n) is 2.50. The number of hydrogen-bond acceptors (Lipinski definition) is 1. The highest BCUT2D eigenvalue weighted by molar-refractivity contribution is 9.10. The second-order valence-corrected chi connectivity index (χ2v) is 4.51. The van der Waals surface area contributed by atoms with Gasteiger partial charge in [-0.05, 0) is 24.3 Å². The van der Waals surface area contributed by atoms with Gasteiger partial charge >= 0.3 is 0 Å². The molecule has 0 amide bonds. The van der Waals surface area contributed by atoms with E-state index in [0.717, 1.165) is 21.4 Å². The summed E-state index contributed by atoms with van der Waals surface area (Å²) < 4.78 is 3.11. The molecule has 0 aliphatic rings. The van der Waals surface area contributed by atoms with Crippen molar-refractivity contribution in [2.24, 2.45) is 0 Å². The van der Waals surface area contributed by atoms with E-state index >= 15 is 0 Å². The first-order valence-corrected chi connectivity index (χ1v) is 5.82. The second-order valence-electron chi connectivity index (χ2n) is 3.60. The van der Waals surface area contributed by atoms with Crippen molar-refractivity contribution in [3.8, 4) is 11.3 Å². The summed E-state index contributed by atoms with van der Waals surface area (Å²) in [5, 5.41) is 0. The van der Waals surface area contributed by atoms with Crippen molar-refractivity contribution in [3.05, 3.63) is 59.3 Å². The first kappa shape index (κ1) is 12.3. The number of aromatic nitrogens is 2. The van der Waals surface area contributed by atoms with Crippen LogP contribution in [0.5, 0.6) is 0 Å². The van der Waals surface area contributed by atoms with Crippen LogP contribution in [0.15, 0.2) is 59.3 Å². The summed E-state index contributed by atoms with van der Waals surface area (Å²) in [5.74, 6) is 0. The molecular weight excluding hydrogens is 344 g/mol. The maximum absolute atomic E-state index is 4.56. The Morgan fingerprint density at radius 3 is 2.47 bits per heavy atom. The third-order valence-corrected chi connectivity index (χ3v) is 3.03. The van der Waals surface area contributed by atoms with Crippen LogP contribution in [0.3, 0.4) is 0 Å². The minimum absolute atomic E-state index is 0. The van der Waals surface area contributed by atoms with Gasteiger partial charge in [0.15, 0.2) is 0 Å². The first-order chi connectivity index (χ1) is 7.83. The van der Waals surface area contributed by atoms with Crippen LogP contribution in [-0.2, 0) is 0 Å². The van der Waals surface area contributed by atoms with Gasteiger partial charge in [0.25, 0.3) is 0 Å². The Morgan fingerprint density at radius 1 is 1.00 bits per heavy atom. The van der Waals surface area contributed by atoms with Gasteiger partial charge in [-0.1, -0.05) is 34.1 Å². The van der Waals surface area contributed by atoms with E-state index in [1.807, 2.05) is 47.1 Å². The summed E-state index contributed by atoms with van der Waals surface area (Å²) in [6, 6.07) is 14.2. The number of hydrogen-bond donors (Lipinski definition) is 0. The summed E-state index contributed by atoms with van der Waals surface area (Å²) >= 11 is 3.43. The highest BCUT2D eigenvalue weighted by atomic mass is 79.9. The van der Waals surface area contributed by atoms with Crippen LogP contribution >= 0.6 is 15.9 Å². The van der Waals surface area contributed by atoms with Crippen molar-refractivity contribution in [2.45, 2.75) is 0 Å². The molecule has 2 nitrogen and oxygen atoms in total. The quantitative estimate of drug-likeness (QED) is 0.632. The average molecular weight is 353 g/mol. The van der Waals surface area contributed by atoms with E-state index < -0.39 is 0 Å². The molecule has 0 fully saturated rings. The molecule has 86 valence electrons. The zero-order chi connectivity index (χ0) is 11.0. The summed E-state index contributed by atoms with van der Waals surface area (Å²) in [5.41, 5.74) is 3.10. The van der Waals surface area contributed by atoms with Crippen LogP contribution in [-0.4, -0.2) is 9.38 Å². The summed E-state index contributed by atoms with van der Waals surface area (Å²) in [4.78, 5) is 4.56. The van der Waals surface area contributed by atoms with Gasteiger partial charge in [0.1, 0.15) is 5.65 Å². The zero-order valence-electron chi connectivity index (χ0n) is 8.85. The molecule has 17 heavy (non-hydrogen) atoms. The van der Waals surface area contributed by atoms with Gasteiger partial charge in [-0.15, -0.1) is 0 Å². The predicted molar refractivity (Wildman–Crippen MR) is 68.3 cm³/mol. The molecule has 0 spiro atoms. The number of nitrogens with zero attached hydrogens (tertiary/aromatic N) is 2. The molecular formula is C13H9Br2N2-. The summed E-state index contributed by atoms with van der Waals surface area (Å²) in [6.45, 7) is 0. The number of imidazole rings is 1. The Balaban J connectivity index is 0.00000108. The fraction of sp³-hybridized carbons (Fsp3) is 0. The van der Waals surface area contributed by atoms with Crippen LogP contribution in [0.1, 0.15) is 0 Å². The van der Waals surface area contributed by atoms with Gasteiger partial charge in [-0.3, -0.25) is 0 Å². The lowest BCUT2D eigenvalue weighted by Gasteiger charge is -1.95. The number of halogens is 2. The maximum atomic E-state index is 4.56. The lowest BCUT2D eigenvalue weighted by molar-refractivity contribution is -0.00000310. The first-order valence-electron chi connectivity index (χ1n) is 5.02. The molecule has 0 saturated heterocycles. The SMILES string of the molecule is Brc1ccc(-c2cn3ccccc3n2)cc1.[Br-]. The third kappa shape index (κ3) is 2.42. The van der Waals surface area contributed by atoms with Crippen molar-refractivity contribution in [2.75, 3.05) is 0 Å². The summed E-state index contributed by atoms with van der Waals surface area (Å²) in [6.07, 6.45) is 4.04. The molecule has 0 atom stereocenters. The van der Waals surface area contributed by atoms with Gasteiger partial charge in [0.2, 0.25) is 0 Å². The Morgan fingerprint density at radius 2 is 1.76 bits per heavy atom. The van der Waals surface area contributed by atoms with Crippen LogP contribution in [0.4, 0.5) is 0 Å². The van der Waals surface area contributed by atoms with Gasteiger partial charge in [0, 0.05) is 22.4 Å². The lowest BCUT2D eigenvalue weighted by Crippen LogP contribution is -3.00. The Kier molecular flexibility index (Phi) is 3.64. The van der Waals surface area contributed by atoms with Gasteiger partial charge < -0.3 is 21.4 Å².